The number of anilines is 1. The number of carbonyl (C=O) groups excluding carboxylic acids is 2. The van der Waals surface area contributed by atoms with Gasteiger partial charge >= 0.3 is 12.2 Å². The van der Waals surface area contributed by atoms with Gasteiger partial charge in [-0.3, -0.25) is 4.79 Å². The number of urea groups is 1. The first-order valence-electron chi connectivity index (χ1n) is 5.86. The number of alkyl halides is 3. The normalized spacial score (nSPS) is 14.8. The fraction of sp³-hybridized carbons (Fsp3) is 0.308. The molecule has 0 aromatic heterocycles. The lowest BCUT2D eigenvalue weighted by Gasteiger charge is -2.13. The summed E-state index contributed by atoms with van der Waals surface area (Å²) in [5, 5.41) is 4.91. The van der Waals surface area contributed by atoms with Gasteiger partial charge in [0.15, 0.2) is 5.78 Å². The Kier molecular flexibility index (Phi) is 3.69. The topological polar surface area (TPSA) is 58.2 Å². The van der Waals surface area contributed by atoms with Gasteiger partial charge in [-0.2, -0.15) is 13.2 Å². The number of benzene rings is 1. The molecule has 2 radical (unpaired) electrons. The summed E-state index contributed by atoms with van der Waals surface area (Å²) in [5.74, 6) is -1.04. The molecule has 106 valence electrons. The third-order valence-electron chi connectivity index (χ3n) is 2.77. The van der Waals surface area contributed by atoms with Crippen molar-refractivity contribution in [3.63, 3.8) is 0 Å². The Balaban J connectivity index is 2.23. The van der Waals surface area contributed by atoms with Crippen molar-refractivity contribution in [1.29, 1.82) is 0 Å². The van der Waals surface area contributed by atoms with Gasteiger partial charge in [0.1, 0.15) is 0 Å². The van der Waals surface area contributed by atoms with Gasteiger partial charge in [-0.15, -0.1) is 0 Å². The Labute approximate surface area is 113 Å². The summed E-state index contributed by atoms with van der Waals surface area (Å²) in [7, 11) is 0. The van der Waals surface area contributed by atoms with Gasteiger partial charge in [0.05, 0.1) is 11.3 Å². The largest absolute Gasteiger partial charge is 0.416 e. The quantitative estimate of drug-likeness (QED) is 0.838. The van der Waals surface area contributed by atoms with Crippen LogP contribution >= 0.6 is 0 Å². The second kappa shape index (κ2) is 5.15. The minimum Gasteiger partial charge on any atom is -0.335 e. The summed E-state index contributed by atoms with van der Waals surface area (Å²) < 4.78 is 37.7. The minimum absolute atomic E-state index is 0.0522. The molecular weight excluding hydrogens is 273 g/mol. The van der Waals surface area contributed by atoms with Crippen molar-refractivity contribution in [2.24, 2.45) is 0 Å². The molecule has 20 heavy (non-hydrogen) atoms. The average Bonchev–Trinajstić information content (AvgIpc) is 3.11. The molecule has 0 spiro atoms. The summed E-state index contributed by atoms with van der Waals surface area (Å²) in [6.45, 7) is 5.04. The molecule has 1 saturated carbocycles. The Morgan fingerprint density at radius 3 is 2.40 bits per heavy atom. The molecule has 1 fully saturated rings. The third-order valence-corrected chi connectivity index (χ3v) is 2.77. The van der Waals surface area contributed by atoms with Crippen LogP contribution in [0.15, 0.2) is 18.2 Å². The van der Waals surface area contributed by atoms with Crippen LogP contribution in [0.4, 0.5) is 23.7 Å². The van der Waals surface area contributed by atoms with Gasteiger partial charge in [-0.05, 0) is 31.0 Å². The number of rotatable bonds is 3. The standard InChI is InChI=1S/C13H11F3N2O2/c1-7(19)10-6-8(13(14,15)16)2-5-11(10)18-12(20)17-9-3-4-9/h1-2,5-6,9H,3-4H2,(H2,17,18,20). The molecule has 0 atom stereocenters. The van der Waals surface area contributed by atoms with E-state index >= 15 is 0 Å². The minimum atomic E-state index is -4.58. The van der Waals surface area contributed by atoms with Gasteiger partial charge < -0.3 is 10.6 Å². The zero-order chi connectivity index (χ0) is 14.9. The van der Waals surface area contributed by atoms with E-state index < -0.39 is 23.6 Å². The molecule has 1 aromatic rings. The number of ketones is 1. The van der Waals surface area contributed by atoms with Crippen molar-refractivity contribution < 1.29 is 22.8 Å². The van der Waals surface area contributed by atoms with Crippen molar-refractivity contribution in [1.82, 2.24) is 5.32 Å². The molecule has 0 heterocycles. The smallest absolute Gasteiger partial charge is 0.335 e. The van der Waals surface area contributed by atoms with E-state index in [1.165, 1.54) is 0 Å². The van der Waals surface area contributed by atoms with Crippen LogP contribution in [-0.4, -0.2) is 17.9 Å². The number of halogens is 3. The zero-order valence-corrected chi connectivity index (χ0v) is 10.3. The van der Waals surface area contributed by atoms with E-state index in [1.807, 2.05) is 0 Å². The van der Waals surface area contributed by atoms with E-state index in [-0.39, 0.29) is 17.3 Å². The maximum absolute atomic E-state index is 12.6. The molecule has 1 aromatic carbocycles. The predicted octanol–water partition coefficient (Wildman–Crippen LogP) is 2.88. The first-order chi connectivity index (χ1) is 9.27. The van der Waals surface area contributed by atoms with Gasteiger partial charge in [0.2, 0.25) is 0 Å². The maximum Gasteiger partial charge on any atom is 0.416 e. The molecule has 2 amide bonds. The summed E-state index contributed by atoms with van der Waals surface area (Å²) in [4.78, 5) is 22.7. The Bertz CT molecular complexity index is 551. The first kappa shape index (κ1) is 14.4. The van der Waals surface area contributed by atoms with Crippen molar-refractivity contribution >= 4 is 17.5 Å². The molecule has 1 aliphatic carbocycles. The van der Waals surface area contributed by atoms with Crippen LogP contribution in [0, 0.1) is 6.92 Å². The maximum atomic E-state index is 12.6. The van der Waals surface area contributed by atoms with Gasteiger partial charge in [0.25, 0.3) is 0 Å². The number of nitrogens with one attached hydrogen (secondary N) is 2. The first-order valence-corrected chi connectivity index (χ1v) is 5.86. The molecule has 2 N–H and O–H groups in total. The molecule has 0 aliphatic heterocycles. The SMILES string of the molecule is [CH]C(=O)c1cc(C(F)(F)F)ccc1NC(=O)NC1CC1. The predicted molar refractivity (Wildman–Crippen MR) is 65.3 cm³/mol. The Morgan fingerprint density at radius 2 is 1.90 bits per heavy atom. The van der Waals surface area contributed by atoms with Crippen molar-refractivity contribution in [2.75, 3.05) is 5.32 Å². The lowest BCUT2D eigenvalue weighted by Crippen LogP contribution is -2.31. The molecule has 0 bridgehead atoms. The van der Waals surface area contributed by atoms with Gasteiger partial charge in [-0.1, -0.05) is 0 Å². The van der Waals surface area contributed by atoms with Gasteiger partial charge in [-0.25, -0.2) is 4.79 Å². The molecule has 4 nitrogen and oxygen atoms in total. The highest BCUT2D eigenvalue weighted by Gasteiger charge is 2.31. The zero-order valence-electron chi connectivity index (χ0n) is 10.3. The van der Waals surface area contributed by atoms with Crippen LogP contribution in [0.3, 0.4) is 0 Å². The van der Waals surface area contributed by atoms with Crippen LogP contribution in [0.5, 0.6) is 0 Å². The molecule has 1 aliphatic rings. The van der Waals surface area contributed by atoms with Crippen molar-refractivity contribution in [3.05, 3.63) is 36.2 Å². The van der Waals surface area contributed by atoms with Crippen LogP contribution < -0.4 is 10.6 Å². The van der Waals surface area contributed by atoms with E-state index in [9.17, 15) is 22.8 Å². The van der Waals surface area contributed by atoms with Crippen LogP contribution in [-0.2, 0) is 6.18 Å². The van der Waals surface area contributed by atoms with Crippen molar-refractivity contribution in [3.8, 4) is 0 Å². The van der Waals surface area contributed by atoms with Crippen LogP contribution in [0.1, 0.15) is 28.8 Å². The van der Waals surface area contributed by atoms with E-state index in [2.05, 4.69) is 10.6 Å². The van der Waals surface area contributed by atoms with Crippen molar-refractivity contribution in [2.45, 2.75) is 25.1 Å². The average molecular weight is 284 g/mol. The van der Waals surface area contributed by atoms with E-state index in [0.29, 0.717) is 6.07 Å². The second-order valence-electron chi connectivity index (χ2n) is 4.50. The molecular formula is C13H11F3N2O2. The third kappa shape index (κ3) is 3.49. The van der Waals surface area contributed by atoms with Crippen LogP contribution in [0.25, 0.3) is 0 Å². The highest BCUT2D eigenvalue weighted by Crippen LogP contribution is 2.32. The number of amides is 2. The highest BCUT2D eigenvalue weighted by atomic mass is 19.4. The fourth-order valence-corrected chi connectivity index (χ4v) is 1.60. The highest BCUT2D eigenvalue weighted by molar-refractivity contribution is 6.06. The number of hydrogen-bond donors (Lipinski definition) is 2. The summed E-state index contributed by atoms with van der Waals surface area (Å²) >= 11 is 0. The molecule has 0 saturated heterocycles. The van der Waals surface area contributed by atoms with E-state index in [1.54, 1.807) is 0 Å². The summed E-state index contributed by atoms with van der Waals surface area (Å²) in [5.41, 5.74) is -1.44. The van der Waals surface area contributed by atoms with Gasteiger partial charge in [0, 0.05) is 18.5 Å². The molecule has 2 rings (SSSR count). The number of hydrogen-bond acceptors (Lipinski definition) is 2. The lowest BCUT2D eigenvalue weighted by atomic mass is 10.1. The Hall–Kier alpha value is -2.05. The van der Waals surface area contributed by atoms with Crippen LogP contribution in [0.2, 0.25) is 0 Å². The molecule has 0 unspecified atom stereocenters. The monoisotopic (exact) mass is 284 g/mol. The Morgan fingerprint density at radius 1 is 1.25 bits per heavy atom. The van der Waals surface area contributed by atoms with E-state index in [4.69, 9.17) is 6.92 Å². The molecule has 7 heteroatoms. The fourth-order valence-electron chi connectivity index (χ4n) is 1.60. The summed E-state index contributed by atoms with van der Waals surface area (Å²) in [6, 6.07) is 1.92. The lowest BCUT2D eigenvalue weighted by molar-refractivity contribution is -0.137. The number of carbonyl (C=O) groups is 2. The number of Topliss-reactive ketones (excluding diaryl/α,β-unsaturated/α-hetero) is 1. The summed E-state index contributed by atoms with van der Waals surface area (Å²) in [6.07, 6.45) is -2.86. The second-order valence-corrected chi connectivity index (χ2v) is 4.50. The van der Waals surface area contributed by atoms with E-state index in [0.717, 1.165) is 25.0 Å².